The third kappa shape index (κ3) is 3.84. The highest BCUT2D eigenvalue weighted by atomic mass is 35.5. The highest BCUT2D eigenvalue weighted by Crippen LogP contribution is 2.21. The number of carbonyl (C=O) groups is 1. The number of amides is 1. The predicted octanol–water partition coefficient (Wildman–Crippen LogP) is 4.01. The van der Waals surface area contributed by atoms with Crippen molar-refractivity contribution < 1.29 is 4.79 Å². The molecular formula is C19H18ClN3O. The molecule has 0 radical (unpaired) electrons. The Kier molecular flexibility index (Phi) is 4.96. The summed E-state index contributed by atoms with van der Waals surface area (Å²) in [6.45, 7) is 2.57. The maximum Gasteiger partial charge on any atom is 0.255 e. The number of nitrogens with zero attached hydrogens (tertiary/aromatic N) is 1. The van der Waals surface area contributed by atoms with Crippen molar-refractivity contribution >= 4 is 17.5 Å². The second-order valence-corrected chi connectivity index (χ2v) is 6.10. The fraction of sp³-hybridized carbons (Fsp3) is 0.158. The standard InChI is InChI=1S/C19H18ClN3O/c1-13-3-2-4-15(11-13)18-17(12-22-23-18)19(24)21-10-9-14-5-7-16(20)8-6-14/h2-8,11-12H,9-10H2,1H3,(H,21,24)(H,22,23). The number of aromatic amines is 1. The Bertz CT molecular complexity index is 840. The van der Waals surface area contributed by atoms with Crippen LogP contribution in [0.2, 0.25) is 5.02 Å². The van der Waals surface area contributed by atoms with E-state index in [9.17, 15) is 4.79 Å². The van der Waals surface area contributed by atoms with E-state index in [0.717, 1.165) is 28.8 Å². The van der Waals surface area contributed by atoms with E-state index in [1.807, 2.05) is 55.5 Å². The summed E-state index contributed by atoms with van der Waals surface area (Å²) in [5.41, 5.74) is 4.51. The summed E-state index contributed by atoms with van der Waals surface area (Å²) in [5.74, 6) is -0.130. The molecule has 2 N–H and O–H groups in total. The van der Waals surface area contributed by atoms with E-state index in [0.29, 0.717) is 17.1 Å². The van der Waals surface area contributed by atoms with Crippen molar-refractivity contribution in [2.75, 3.05) is 6.54 Å². The first kappa shape index (κ1) is 16.3. The van der Waals surface area contributed by atoms with E-state index in [4.69, 9.17) is 11.6 Å². The first-order valence-electron chi connectivity index (χ1n) is 7.76. The van der Waals surface area contributed by atoms with Gasteiger partial charge >= 0.3 is 0 Å². The maximum absolute atomic E-state index is 12.4. The van der Waals surface area contributed by atoms with Crippen molar-refractivity contribution in [3.63, 3.8) is 0 Å². The van der Waals surface area contributed by atoms with Gasteiger partial charge in [0.1, 0.15) is 0 Å². The van der Waals surface area contributed by atoms with Crippen molar-refractivity contribution in [1.29, 1.82) is 0 Å². The molecule has 0 aliphatic heterocycles. The molecule has 3 aromatic rings. The Morgan fingerprint density at radius 2 is 2.00 bits per heavy atom. The summed E-state index contributed by atoms with van der Waals surface area (Å²) in [6, 6.07) is 15.6. The van der Waals surface area contributed by atoms with E-state index in [-0.39, 0.29) is 5.91 Å². The van der Waals surface area contributed by atoms with Crippen LogP contribution in [0.4, 0.5) is 0 Å². The smallest absolute Gasteiger partial charge is 0.255 e. The Morgan fingerprint density at radius 1 is 1.21 bits per heavy atom. The van der Waals surface area contributed by atoms with Crippen molar-refractivity contribution in [3.05, 3.63) is 76.4 Å². The number of halogens is 1. The van der Waals surface area contributed by atoms with Crippen molar-refractivity contribution in [2.24, 2.45) is 0 Å². The molecule has 3 rings (SSSR count). The van der Waals surface area contributed by atoms with Gasteiger partial charge in [-0.15, -0.1) is 0 Å². The number of aromatic nitrogens is 2. The summed E-state index contributed by atoms with van der Waals surface area (Å²) in [6.07, 6.45) is 2.32. The molecule has 5 heteroatoms. The summed E-state index contributed by atoms with van der Waals surface area (Å²) >= 11 is 5.87. The molecule has 0 saturated heterocycles. The summed E-state index contributed by atoms with van der Waals surface area (Å²) < 4.78 is 0. The minimum Gasteiger partial charge on any atom is -0.352 e. The van der Waals surface area contributed by atoms with Crippen LogP contribution in [-0.2, 0) is 6.42 Å². The third-order valence-corrected chi connectivity index (χ3v) is 4.06. The van der Waals surface area contributed by atoms with Crippen molar-refractivity contribution in [3.8, 4) is 11.3 Å². The molecule has 0 aliphatic rings. The number of benzene rings is 2. The van der Waals surface area contributed by atoms with Crippen molar-refractivity contribution in [1.82, 2.24) is 15.5 Å². The zero-order valence-electron chi connectivity index (χ0n) is 13.3. The van der Waals surface area contributed by atoms with Gasteiger partial charge in [0.25, 0.3) is 5.91 Å². The minimum atomic E-state index is -0.130. The fourth-order valence-corrected chi connectivity index (χ4v) is 2.67. The van der Waals surface area contributed by atoms with Crippen LogP contribution in [0.3, 0.4) is 0 Å². The third-order valence-electron chi connectivity index (χ3n) is 3.80. The minimum absolute atomic E-state index is 0.130. The van der Waals surface area contributed by atoms with Crippen molar-refractivity contribution in [2.45, 2.75) is 13.3 Å². The highest BCUT2D eigenvalue weighted by molar-refractivity contribution is 6.30. The normalized spacial score (nSPS) is 10.6. The lowest BCUT2D eigenvalue weighted by Crippen LogP contribution is -2.25. The maximum atomic E-state index is 12.4. The van der Waals surface area contributed by atoms with Crippen LogP contribution in [0.15, 0.2) is 54.7 Å². The van der Waals surface area contributed by atoms with E-state index in [1.54, 1.807) is 6.20 Å². The van der Waals surface area contributed by atoms with Gasteiger partial charge in [-0.2, -0.15) is 5.10 Å². The van der Waals surface area contributed by atoms with E-state index >= 15 is 0 Å². The van der Waals surface area contributed by atoms with Gasteiger partial charge in [-0.1, -0.05) is 47.5 Å². The molecule has 24 heavy (non-hydrogen) atoms. The molecule has 0 saturated carbocycles. The molecule has 0 fully saturated rings. The summed E-state index contributed by atoms with van der Waals surface area (Å²) in [5, 5.41) is 10.6. The van der Waals surface area contributed by atoms with Gasteiger partial charge in [-0.3, -0.25) is 9.89 Å². The Balaban J connectivity index is 1.66. The topological polar surface area (TPSA) is 57.8 Å². The molecule has 0 unspecified atom stereocenters. The molecule has 1 heterocycles. The molecule has 0 spiro atoms. The lowest BCUT2D eigenvalue weighted by molar-refractivity contribution is 0.0955. The molecule has 0 aliphatic carbocycles. The first-order valence-corrected chi connectivity index (χ1v) is 8.14. The Hall–Kier alpha value is -2.59. The van der Waals surface area contributed by atoms with Crippen LogP contribution in [0, 0.1) is 6.92 Å². The average molecular weight is 340 g/mol. The zero-order chi connectivity index (χ0) is 16.9. The summed E-state index contributed by atoms with van der Waals surface area (Å²) in [7, 11) is 0. The molecule has 1 aromatic heterocycles. The number of carbonyl (C=O) groups excluding carboxylic acids is 1. The van der Waals surface area contributed by atoms with E-state index in [2.05, 4.69) is 15.5 Å². The molecule has 122 valence electrons. The monoisotopic (exact) mass is 339 g/mol. The van der Waals surface area contributed by atoms with Gasteiger partial charge in [-0.05, 0) is 37.1 Å². The molecule has 2 aromatic carbocycles. The van der Waals surface area contributed by atoms with Crippen LogP contribution >= 0.6 is 11.6 Å². The second-order valence-electron chi connectivity index (χ2n) is 5.66. The van der Waals surface area contributed by atoms with Gasteiger partial charge in [0.2, 0.25) is 0 Å². The first-order chi connectivity index (χ1) is 11.6. The summed E-state index contributed by atoms with van der Waals surface area (Å²) in [4.78, 5) is 12.4. The predicted molar refractivity (Wildman–Crippen MR) is 96.2 cm³/mol. The van der Waals surface area contributed by atoms with Crippen LogP contribution in [-0.4, -0.2) is 22.6 Å². The molecule has 4 nitrogen and oxygen atoms in total. The van der Waals surface area contributed by atoms with Gasteiger partial charge in [0, 0.05) is 17.1 Å². The molecule has 1 amide bonds. The van der Waals surface area contributed by atoms with Crippen LogP contribution < -0.4 is 5.32 Å². The largest absolute Gasteiger partial charge is 0.352 e. The van der Waals surface area contributed by atoms with Crippen LogP contribution in [0.25, 0.3) is 11.3 Å². The van der Waals surface area contributed by atoms with Crippen LogP contribution in [0.1, 0.15) is 21.5 Å². The SMILES string of the molecule is Cc1cccc(-c2[nH]ncc2C(=O)NCCc2ccc(Cl)cc2)c1. The number of nitrogens with one attached hydrogen (secondary N) is 2. The Labute approximate surface area is 145 Å². The number of hydrogen-bond donors (Lipinski definition) is 2. The molecule has 0 atom stereocenters. The molecule has 0 bridgehead atoms. The molecular weight excluding hydrogens is 322 g/mol. The quantitative estimate of drug-likeness (QED) is 0.737. The number of aryl methyl sites for hydroxylation is 1. The van der Waals surface area contributed by atoms with Gasteiger partial charge < -0.3 is 5.32 Å². The lowest BCUT2D eigenvalue weighted by atomic mass is 10.1. The van der Waals surface area contributed by atoms with Gasteiger partial charge in [0.15, 0.2) is 0 Å². The average Bonchev–Trinajstić information content (AvgIpc) is 3.06. The number of rotatable bonds is 5. The Morgan fingerprint density at radius 3 is 2.75 bits per heavy atom. The lowest BCUT2D eigenvalue weighted by Gasteiger charge is -2.07. The van der Waals surface area contributed by atoms with Gasteiger partial charge in [0.05, 0.1) is 17.5 Å². The number of H-pyrrole nitrogens is 1. The van der Waals surface area contributed by atoms with Crippen LogP contribution in [0.5, 0.6) is 0 Å². The van der Waals surface area contributed by atoms with E-state index in [1.165, 1.54) is 0 Å². The van der Waals surface area contributed by atoms with Gasteiger partial charge in [-0.25, -0.2) is 0 Å². The zero-order valence-corrected chi connectivity index (χ0v) is 14.1. The highest BCUT2D eigenvalue weighted by Gasteiger charge is 2.14. The fourth-order valence-electron chi connectivity index (χ4n) is 2.55. The number of hydrogen-bond acceptors (Lipinski definition) is 2. The second kappa shape index (κ2) is 7.32. The van der Waals surface area contributed by atoms with E-state index < -0.39 is 0 Å².